The van der Waals surface area contributed by atoms with Crippen molar-refractivity contribution in [3.63, 3.8) is 0 Å². The predicted octanol–water partition coefficient (Wildman–Crippen LogP) is 2.57. The standard InChI is InChI=1S/C13H14N2O/c1-9-12(10(2)16)8-13(14)15(9)11-6-4-3-5-7-11/h3-8H,14H2,1-2H3. The number of para-hydroxylation sites is 1. The lowest BCUT2D eigenvalue weighted by atomic mass is 10.2. The highest BCUT2D eigenvalue weighted by Crippen LogP contribution is 2.22. The molecule has 0 saturated heterocycles. The lowest BCUT2D eigenvalue weighted by Crippen LogP contribution is -2.02. The third kappa shape index (κ3) is 1.60. The number of anilines is 1. The molecule has 0 unspecified atom stereocenters. The summed E-state index contributed by atoms with van der Waals surface area (Å²) < 4.78 is 1.89. The Balaban J connectivity index is 2.63. The van der Waals surface area contributed by atoms with E-state index in [1.165, 1.54) is 0 Å². The van der Waals surface area contributed by atoms with E-state index in [1.54, 1.807) is 13.0 Å². The van der Waals surface area contributed by atoms with Gasteiger partial charge in [0.1, 0.15) is 5.82 Å². The van der Waals surface area contributed by atoms with Gasteiger partial charge in [0.25, 0.3) is 0 Å². The first-order valence-electron chi connectivity index (χ1n) is 5.15. The maximum atomic E-state index is 11.4. The molecule has 2 aromatic rings. The van der Waals surface area contributed by atoms with E-state index in [1.807, 2.05) is 41.8 Å². The van der Waals surface area contributed by atoms with Crippen LogP contribution in [0.15, 0.2) is 36.4 Å². The van der Waals surface area contributed by atoms with Crippen LogP contribution < -0.4 is 5.73 Å². The molecule has 82 valence electrons. The molecule has 2 N–H and O–H groups in total. The number of hydrogen-bond donors (Lipinski definition) is 1. The molecule has 0 aliphatic heterocycles. The van der Waals surface area contributed by atoms with Crippen LogP contribution >= 0.6 is 0 Å². The van der Waals surface area contributed by atoms with Gasteiger partial charge in [0, 0.05) is 16.9 Å². The quantitative estimate of drug-likeness (QED) is 0.781. The first kappa shape index (κ1) is 10.5. The van der Waals surface area contributed by atoms with E-state index >= 15 is 0 Å². The second-order valence-corrected chi connectivity index (χ2v) is 3.80. The van der Waals surface area contributed by atoms with Gasteiger partial charge in [0.2, 0.25) is 0 Å². The Hall–Kier alpha value is -2.03. The highest BCUT2D eigenvalue weighted by atomic mass is 16.1. The summed E-state index contributed by atoms with van der Waals surface area (Å²) in [6.07, 6.45) is 0. The molecular formula is C13H14N2O. The predicted molar refractivity (Wildman–Crippen MR) is 64.9 cm³/mol. The van der Waals surface area contributed by atoms with Gasteiger partial charge in [0.15, 0.2) is 5.78 Å². The van der Waals surface area contributed by atoms with Crippen LogP contribution in [-0.4, -0.2) is 10.4 Å². The fourth-order valence-electron chi connectivity index (χ4n) is 1.91. The Bertz CT molecular complexity index is 526. The molecule has 0 fully saturated rings. The molecule has 0 bridgehead atoms. The van der Waals surface area contributed by atoms with Crippen molar-refractivity contribution in [1.82, 2.24) is 4.57 Å². The fraction of sp³-hybridized carbons (Fsp3) is 0.154. The largest absolute Gasteiger partial charge is 0.385 e. The fourth-order valence-corrected chi connectivity index (χ4v) is 1.91. The van der Waals surface area contributed by atoms with Gasteiger partial charge in [-0.15, -0.1) is 0 Å². The smallest absolute Gasteiger partial charge is 0.161 e. The summed E-state index contributed by atoms with van der Waals surface area (Å²) in [4.78, 5) is 11.4. The summed E-state index contributed by atoms with van der Waals surface area (Å²) in [5, 5.41) is 0. The number of carbonyl (C=O) groups is 1. The zero-order chi connectivity index (χ0) is 11.7. The van der Waals surface area contributed by atoms with E-state index in [0.29, 0.717) is 11.4 Å². The van der Waals surface area contributed by atoms with Crippen LogP contribution in [0.3, 0.4) is 0 Å². The molecule has 3 heteroatoms. The van der Waals surface area contributed by atoms with Gasteiger partial charge in [0.05, 0.1) is 0 Å². The Kier molecular flexibility index (Phi) is 2.52. The first-order chi connectivity index (χ1) is 7.61. The Morgan fingerprint density at radius 1 is 1.25 bits per heavy atom. The molecule has 0 spiro atoms. The SMILES string of the molecule is CC(=O)c1cc(N)n(-c2ccccc2)c1C. The van der Waals surface area contributed by atoms with Crippen molar-refractivity contribution in [2.24, 2.45) is 0 Å². The zero-order valence-corrected chi connectivity index (χ0v) is 9.40. The molecule has 16 heavy (non-hydrogen) atoms. The van der Waals surface area contributed by atoms with Crippen LogP contribution in [-0.2, 0) is 0 Å². The Morgan fingerprint density at radius 2 is 1.88 bits per heavy atom. The van der Waals surface area contributed by atoms with Crippen molar-refractivity contribution >= 4 is 11.6 Å². The zero-order valence-electron chi connectivity index (χ0n) is 9.40. The Labute approximate surface area is 94.5 Å². The van der Waals surface area contributed by atoms with E-state index < -0.39 is 0 Å². The third-order valence-electron chi connectivity index (χ3n) is 2.67. The molecule has 0 radical (unpaired) electrons. The molecule has 0 atom stereocenters. The minimum atomic E-state index is 0.0406. The number of nitrogens with zero attached hydrogens (tertiary/aromatic N) is 1. The van der Waals surface area contributed by atoms with Crippen LogP contribution in [0, 0.1) is 6.92 Å². The van der Waals surface area contributed by atoms with Crippen LogP contribution in [0.4, 0.5) is 5.82 Å². The molecule has 0 saturated carbocycles. The van der Waals surface area contributed by atoms with Crippen LogP contribution in [0.2, 0.25) is 0 Å². The number of ketones is 1. The van der Waals surface area contributed by atoms with Crippen LogP contribution in [0.25, 0.3) is 5.69 Å². The van der Waals surface area contributed by atoms with Crippen molar-refractivity contribution < 1.29 is 4.79 Å². The molecular weight excluding hydrogens is 200 g/mol. The van der Waals surface area contributed by atoms with Crippen molar-refractivity contribution in [2.45, 2.75) is 13.8 Å². The number of aromatic nitrogens is 1. The topological polar surface area (TPSA) is 48.0 Å². The first-order valence-corrected chi connectivity index (χ1v) is 5.15. The number of benzene rings is 1. The number of carbonyl (C=O) groups excluding carboxylic acids is 1. The highest BCUT2D eigenvalue weighted by Gasteiger charge is 2.13. The van der Waals surface area contributed by atoms with E-state index in [9.17, 15) is 4.79 Å². The summed E-state index contributed by atoms with van der Waals surface area (Å²) in [6.45, 7) is 3.46. The van der Waals surface area contributed by atoms with Crippen molar-refractivity contribution in [1.29, 1.82) is 0 Å². The lowest BCUT2D eigenvalue weighted by Gasteiger charge is -2.08. The van der Waals surface area contributed by atoms with Gasteiger partial charge < -0.3 is 10.3 Å². The van der Waals surface area contributed by atoms with E-state index in [-0.39, 0.29) is 5.78 Å². The molecule has 1 heterocycles. The van der Waals surface area contributed by atoms with Crippen LogP contribution in [0.5, 0.6) is 0 Å². The number of rotatable bonds is 2. The molecule has 0 aliphatic rings. The average Bonchev–Trinajstić information content (AvgIpc) is 2.56. The van der Waals surface area contributed by atoms with E-state index in [0.717, 1.165) is 11.4 Å². The van der Waals surface area contributed by atoms with Gasteiger partial charge in [-0.1, -0.05) is 18.2 Å². The second-order valence-electron chi connectivity index (χ2n) is 3.80. The number of hydrogen-bond acceptors (Lipinski definition) is 2. The highest BCUT2D eigenvalue weighted by molar-refractivity contribution is 5.96. The van der Waals surface area contributed by atoms with Crippen molar-refractivity contribution in [3.05, 3.63) is 47.7 Å². The summed E-state index contributed by atoms with van der Waals surface area (Å²) >= 11 is 0. The third-order valence-corrected chi connectivity index (χ3v) is 2.67. The van der Waals surface area contributed by atoms with Gasteiger partial charge >= 0.3 is 0 Å². The van der Waals surface area contributed by atoms with E-state index in [2.05, 4.69) is 0 Å². The minimum Gasteiger partial charge on any atom is -0.385 e. The number of nitrogen functional groups attached to an aromatic ring is 1. The van der Waals surface area contributed by atoms with Gasteiger partial charge in [-0.2, -0.15) is 0 Å². The second kappa shape index (κ2) is 3.85. The van der Waals surface area contributed by atoms with Gasteiger partial charge in [-0.25, -0.2) is 0 Å². The molecule has 2 rings (SSSR count). The summed E-state index contributed by atoms with van der Waals surface area (Å²) in [7, 11) is 0. The molecule has 1 aromatic heterocycles. The van der Waals surface area contributed by atoms with E-state index in [4.69, 9.17) is 5.73 Å². The summed E-state index contributed by atoms with van der Waals surface area (Å²) in [5.41, 5.74) is 8.47. The number of nitrogens with two attached hydrogens (primary N) is 1. The van der Waals surface area contributed by atoms with Crippen LogP contribution in [0.1, 0.15) is 23.0 Å². The normalized spacial score (nSPS) is 10.4. The monoisotopic (exact) mass is 214 g/mol. The number of Topliss-reactive ketones (excluding diaryl/α,β-unsaturated/α-hetero) is 1. The molecule has 0 aliphatic carbocycles. The van der Waals surface area contributed by atoms with Crippen molar-refractivity contribution in [3.8, 4) is 5.69 Å². The Morgan fingerprint density at radius 3 is 2.38 bits per heavy atom. The van der Waals surface area contributed by atoms with Crippen molar-refractivity contribution in [2.75, 3.05) is 5.73 Å². The summed E-state index contributed by atoms with van der Waals surface area (Å²) in [6, 6.07) is 11.5. The van der Waals surface area contributed by atoms with Gasteiger partial charge in [-0.3, -0.25) is 4.79 Å². The maximum absolute atomic E-state index is 11.4. The van der Waals surface area contributed by atoms with Gasteiger partial charge in [-0.05, 0) is 32.0 Å². The molecule has 0 amide bonds. The maximum Gasteiger partial charge on any atom is 0.161 e. The summed E-state index contributed by atoms with van der Waals surface area (Å²) in [5.74, 6) is 0.632. The lowest BCUT2D eigenvalue weighted by molar-refractivity contribution is 0.101. The minimum absolute atomic E-state index is 0.0406. The molecule has 1 aromatic carbocycles. The molecule has 3 nitrogen and oxygen atoms in total. The average molecular weight is 214 g/mol.